The standard InChI is InChI=1S/C25H16F5N3O/c26-20-16(21(27)23(29)24(30)22(20)28)12-19(34)33-25-17(11-14-7-3-1-4-8-14)32-18(13-31-25)15-9-5-2-6-10-15/h1-10,13H,11-12H2,(H,31,33,34). The molecular weight excluding hydrogens is 453 g/mol. The molecule has 34 heavy (non-hydrogen) atoms. The maximum absolute atomic E-state index is 14.0. The number of carbonyl (C=O) groups is 1. The van der Waals surface area contributed by atoms with Gasteiger partial charge in [0.15, 0.2) is 29.1 Å². The van der Waals surface area contributed by atoms with E-state index >= 15 is 0 Å². The minimum atomic E-state index is -2.29. The number of aromatic nitrogens is 2. The van der Waals surface area contributed by atoms with E-state index in [4.69, 9.17) is 0 Å². The van der Waals surface area contributed by atoms with Crippen molar-refractivity contribution in [1.82, 2.24) is 9.97 Å². The Labute approximate surface area is 191 Å². The molecule has 1 amide bonds. The molecule has 3 aromatic carbocycles. The zero-order valence-electron chi connectivity index (χ0n) is 17.5. The molecule has 0 atom stereocenters. The van der Waals surface area contributed by atoms with Crippen LogP contribution in [0.2, 0.25) is 0 Å². The van der Waals surface area contributed by atoms with Crippen molar-refractivity contribution in [1.29, 1.82) is 0 Å². The number of halogens is 5. The molecular formula is C25H16F5N3O. The smallest absolute Gasteiger partial charge is 0.230 e. The molecule has 4 nitrogen and oxygen atoms in total. The lowest BCUT2D eigenvalue weighted by atomic mass is 10.1. The van der Waals surface area contributed by atoms with E-state index in [9.17, 15) is 26.7 Å². The highest BCUT2D eigenvalue weighted by atomic mass is 19.2. The van der Waals surface area contributed by atoms with Crippen LogP contribution in [0.5, 0.6) is 0 Å². The third kappa shape index (κ3) is 4.78. The van der Waals surface area contributed by atoms with E-state index in [1.807, 2.05) is 60.7 Å². The van der Waals surface area contributed by atoms with Gasteiger partial charge >= 0.3 is 0 Å². The second kappa shape index (κ2) is 9.78. The Morgan fingerprint density at radius 1 is 0.765 bits per heavy atom. The van der Waals surface area contributed by atoms with Crippen LogP contribution in [0.1, 0.15) is 16.8 Å². The number of hydrogen-bond donors (Lipinski definition) is 1. The van der Waals surface area contributed by atoms with Crippen molar-refractivity contribution in [3.63, 3.8) is 0 Å². The van der Waals surface area contributed by atoms with Gasteiger partial charge < -0.3 is 5.32 Å². The summed E-state index contributed by atoms with van der Waals surface area (Å²) in [5.41, 5.74) is 1.30. The van der Waals surface area contributed by atoms with Crippen LogP contribution in [0.25, 0.3) is 11.3 Å². The van der Waals surface area contributed by atoms with Gasteiger partial charge in [0.2, 0.25) is 11.7 Å². The highest BCUT2D eigenvalue weighted by molar-refractivity contribution is 5.92. The molecule has 4 rings (SSSR count). The second-order valence-corrected chi connectivity index (χ2v) is 7.35. The van der Waals surface area contributed by atoms with Crippen molar-refractivity contribution < 1.29 is 26.7 Å². The second-order valence-electron chi connectivity index (χ2n) is 7.35. The Morgan fingerprint density at radius 2 is 1.32 bits per heavy atom. The van der Waals surface area contributed by atoms with Gasteiger partial charge in [-0.3, -0.25) is 4.79 Å². The fourth-order valence-electron chi connectivity index (χ4n) is 3.33. The highest BCUT2D eigenvalue weighted by Gasteiger charge is 2.27. The van der Waals surface area contributed by atoms with Gasteiger partial charge in [-0.05, 0) is 5.56 Å². The predicted molar refractivity (Wildman–Crippen MR) is 115 cm³/mol. The van der Waals surface area contributed by atoms with Gasteiger partial charge in [0.05, 0.1) is 24.0 Å². The summed E-state index contributed by atoms with van der Waals surface area (Å²) in [5.74, 6) is -11.6. The summed E-state index contributed by atoms with van der Waals surface area (Å²) in [6, 6.07) is 18.3. The Bertz CT molecular complexity index is 1320. The Morgan fingerprint density at radius 3 is 1.94 bits per heavy atom. The summed E-state index contributed by atoms with van der Waals surface area (Å²) >= 11 is 0. The number of rotatable bonds is 6. The molecule has 0 bridgehead atoms. The number of benzene rings is 3. The SMILES string of the molecule is O=C(Cc1c(F)c(F)c(F)c(F)c1F)Nc1ncc(-c2ccccc2)nc1Cc1ccccc1. The quantitative estimate of drug-likeness (QED) is 0.227. The van der Waals surface area contributed by atoms with Gasteiger partial charge in [-0.1, -0.05) is 60.7 Å². The summed E-state index contributed by atoms with van der Waals surface area (Å²) in [5, 5.41) is 2.38. The molecule has 172 valence electrons. The molecule has 4 aromatic rings. The van der Waals surface area contributed by atoms with Crippen molar-refractivity contribution in [2.45, 2.75) is 12.8 Å². The van der Waals surface area contributed by atoms with Crippen LogP contribution in [-0.2, 0) is 17.6 Å². The maximum atomic E-state index is 14.0. The molecule has 1 aromatic heterocycles. The minimum absolute atomic E-state index is 0.0115. The number of nitrogens with zero attached hydrogens (tertiary/aromatic N) is 2. The summed E-state index contributed by atoms with van der Waals surface area (Å²) in [7, 11) is 0. The zero-order valence-corrected chi connectivity index (χ0v) is 17.5. The van der Waals surface area contributed by atoms with E-state index < -0.39 is 47.0 Å². The molecule has 1 heterocycles. The van der Waals surface area contributed by atoms with E-state index in [1.54, 1.807) is 0 Å². The van der Waals surface area contributed by atoms with Crippen LogP contribution in [0, 0.1) is 29.1 Å². The van der Waals surface area contributed by atoms with Crippen LogP contribution >= 0.6 is 0 Å². The molecule has 0 unspecified atom stereocenters. The Kier molecular flexibility index (Phi) is 6.62. The fourth-order valence-corrected chi connectivity index (χ4v) is 3.33. The monoisotopic (exact) mass is 469 g/mol. The van der Waals surface area contributed by atoms with E-state index in [2.05, 4.69) is 15.3 Å². The molecule has 9 heteroatoms. The van der Waals surface area contributed by atoms with Crippen molar-refractivity contribution in [2.75, 3.05) is 5.32 Å². The first-order chi connectivity index (χ1) is 16.3. The molecule has 0 saturated heterocycles. The third-order valence-electron chi connectivity index (χ3n) is 5.02. The van der Waals surface area contributed by atoms with Gasteiger partial charge in [-0.25, -0.2) is 31.9 Å². The van der Waals surface area contributed by atoms with Crippen molar-refractivity contribution >= 4 is 11.7 Å². The van der Waals surface area contributed by atoms with Crippen LogP contribution in [-0.4, -0.2) is 15.9 Å². The third-order valence-corrected chi connectivity index (χ3v) is 5.02. The lowest BCUT2D eigenvalue weighted by Crippen LogP contribution is -2.20. The molecule has 0 aliphatic carbocycles. The normalized spacial score (nSPS) is 10.9. The summed E-state index contributed by atoms with van der Waals surface area (Å²) in [6.45, 7) is 0. The molecule has 0 aliphatic rings. The predicted octanol–water partition coefficient (Wildman–Crippen LogP) is 5.61. The first-order valence-corrected chi connectivity index (χ1v) is 10.1. The van der Waals surface area contributed by atoms with Crippen LogP contribution in [0.4, 0.5) is 27.8 Å². The molecule has 0 fully saturated rings. The van der Waals surface area contributed by atoms with Gasteiger partial charge in [0.25, 0.3) is 0 Å². The van der Waals surface area contributed by atoms with E-state index in [1.165, 1.54) is 6.20 Å². The van der Waals surface area contributed by atoms with Crippen LogP contribution in [0.3, 0.4) is 0 Å². The number of nitrogens with one attached hydrogen (secondary N) is 1. The summed E-state index contributed by atoms with van der Waals surface area (Å²) in [4.78, 5) is 21.3. The Balaban J connectivity index is 1.65. The number of amides is 1. The number of anilines is 1. The summed E-state index contributed by atoms with van der Waals surface area (Å²) in [6.07, 6.45) is 0.600. The molecule has 0 saturated carbocycles. The van der Waals surface area contributed by atoms with Crippen LogP contribution in [0.15, 0.2) is 66.9 Å². The average Bonchev–Trinajstić information content (AvgIpc) is 2.86. The minimum Gasteiger partial charge on any atom is -0.309 e. The first-order valence-electron chi connectivity index (χ1n) is 10.1. The fraction of sp³-hybridized carbons (Fsp3) is 0.0800. The number of hydrogen-bond acceptors (Lipinski definition) is 3. The summed E-state index contributed by atoms with van der Waals surface area (Å²) < 4.78 is 68.2. The van der Waals surface area contributed by atoms with Gasteiger partial charge in [-0.2, -0.15) is 0 Å². The van der Waals surface area contributed by atoms with E-state index in [-0.39, 0.29) is 12.2 Å². The zero-order chi connectivity index (χ0) is 24.2. The van der Waals surface area contributed by atoms with Gasteiger partial charge in [0, 0.05) is 17.5 Å². The maximum Gasteiger partial charge on any atom is 0.230 e. The molecule has 0 aliphatic heterocycles. The lowest BCUT2D eigenvalue weighted by Gasteiger charge is -2.13. The van der Waals surface area contributed by atoms with E-state index in [0.717, 1.165) is 11.1 Å². The molecule has 0 radical (unpaired) electrons. The first kappa shape index (κ1) is 23.0. The Hall–Kier alpha value is -4.14. The number of carbonyl (C=O) groups excluding carboxylic acids is 1. The van der Waals surface area contributed by atoms with Crippen LogP contribution < -0.4 is 5.32 Å². The average molecular weight is 469 g/mol. The largest absolute Gasteiger partial charge is 0.309 e. The topological polar surface area (TPSA) is 54.9 Å². The van der Waals surface area contributed by atoms with Crippen molar-refractivity contribution in [3.05, 3.63) is 113 Å². The van der Waals surface area contributed by atoms with Gasteiger partial charge in [-0.15, -0.1) is 0 Å². The lowest BCUT2D eigenvalue weighted by molar-refractivity contribution is -0.115. The van der Waals surface area contributed by atoms with E-state index in [0.29, 0.717) is 11.4 Å². The van der Waals surface area contributed by atoms with Crippen molar-refractivity contribution in [3.8, 4) is 11.3 Å². The van der Waals surface area contributed by atoms with Crippen molar-refractivity contribution in [2.24, 2.45) is 0 Å². The van der Waals surface area contributed by atoms with Gasteiger partial charge in [0.1, 0.15) is 0 Å². The molecule has 0 spiro atoms. The molecule has 1 N–H and O–H groups in total. The highest BCUT2D eigenvalue weighted by Crippen LogP contribution is 2.25.